The minimum atomic E-state index is -1.19. The molecule has 0 aliphatic heterocycles. The summed E-state index contributed by atoms with van der Waals surface area (Å²) < 4.78 is 0. The van der Waals surface area contributed by atoms with Gasteiger partial charge in [-0.2, -0.15) is 0 Å². The monoisotopic (exact) mass is 296 g/mol. The van der Waals surface area contributed by atoms with Crippen LogP contribution in [0.2, 0.25) is 0 Å². The van der Waals surface area contributed by atoms with Crippen molar-refractivity contribution in [3.8, 4) is 0 Å². The van der Waals surface area contributed by atoms with E-state index in [4.69, 9.17) is 5.11 Å². The molecule has 0 fully saturated rings. The van der Waals surface area contributed by atoms with E-state index in [1.165, 1.54) is 6.33 Å². The predicted molar refractivity (Wildman–Crippen MR) is 79.5 cm³/mol. The molecule has 118 valence electrons. The van der Waals surface area contributed by atoms with Gasteiger partial charge in [-0.1, -0.05) is 13.8 Å². The van der Waals surface area contributed by atoms with Crippen LogP contribution in [0.15, 0.2) is 6.33 Å². The molecule has 1 atom stereocenters. The highest BCUT2D eigenvalue weighted by atomic mass is 16.4. The second-order valence-corrected chi connectivity index (χ2v) is 4.97. The number of aromatic nitrogens is 2. The van der Waals surface area contributed by atoms with Gasteiger partial charge in [0.05, 0.1) is 6.33 Å². The third-order valence-electron chi connectivity index (χ3n) is 3.45. The number of nitrogens with zero attached hydrogens (tertiary/aromatic N) is 2. The Bertz CT molecular complexity index is 469. The maximum atomic E-state index is 12.0. The molecule has 0 bridgehead atoms. The molecule has 0 aromatic carbocycles. The van der Waals surface area contributed by atoms with E-state index < -0.39 is 11.9 Å². The quantitative estimate of drug-likeness (QED) is 0.639. The van der Waals surface area contributed by atoms with Crippen molar-refractivity contribution in [3.05, 3.63) is 17.7 Å². The van der Waals surface area contributed by atoms with Crippen molar-refractivity contribution in [2.75, 3.05) is 19.6 Å². The average Bonchev–Trinajstić information content (AvgIpc) is 2.93. The van der Waals surface area contributed by atoms with Crippen LogP contribution in [0.5, 0.6) is 0 Å². The SMILES string of the molecule is CCN(CC)CCCC(C)NC(=O)c1nc[nH]c1C(=O)O. The second-order valence-electron chi connectivity index (χ2n) is 4.97. The van der Waals surface area contributed by atoms with E-state index in [1.807, 2.05) is 6.92 Å². The lowest BCUT2D eigenvalue weighted by Crippen LogP contribution is -2.34. The lowest BCUT2D eigenvalue weighted by Gasteiger charge is -2.19. The number of hydrogen-bond donors (Lipinski definition) is 3. The molecule has 7 heteroatoms. The van der Waals surface area contributed by atoms with Crippen LogP contribution in [0.3, 0.4) is 0 Å². The van der Waals surface area contributed by atoms with Gasteiger partial charge >= 0.3 is 5.97 Å². The minimum absolute atomic E-state index is 0.0218. The highest BCUT2D eigenvalue weighted by molar-refractivity contribution is 6.02. The molecule has 1 aromatic rings. The number of nitrogens with one attached hydrogen (secondary N) is 2. The standard InChI is InChI=1S/C14H24N4O3/c1-4-18(5-2)8-6-7-10(3)17-13(19)11-12(14(20)21)16-9-15-11/h9-10H,4-8H2,1-3H3,(H,15,16)(H,17,19)(H,20,21). The van der Waals surface area contributed by atoms with Crippen LogP contribution in [0.1, 0.15) is 54.6 Å². The molecule has 1 heterocycles. The first-order valence-corrected chi connectivity index (χ1v) is 7.29. The molecule has 0 aliphatic carbocycles. The Morgan fingerprint density at radius 2 is 2.10 bits per heavy atom. The van der Waals surface area contributed by atoms with Crippen molar-refractivity contribution in [3.63, 3.8) is 0 Å². The van der Waals surface area contributed by atoms with Gasteiger partial charge in [0.25, 0.3) is 5.91 Å². The second kappa shape index (κ2) is 8.41. The van der Waals surface area contributed by atoms with E-state index in [2.05, 4.69) is 34.0 Å². The zero-order valence-corrected chi connectivity index (χ0v) is 12.8. The Hall–Kier alpha value is -1.89. The fourth-order valence-electron chi connectivity index (χ4n) is 2.15. The number of H-pyrrole nitrogens is 1. The lowest BCUT2D eigenvalue weighted by molar-refractivity contribution is 0.0684. The minimum Gasteiger partial charge on any atom is -0.477 e. The first-order valence-electron chi connectivity index (χ1n) is 7.29. The van der Waals surface area contributed by atoms with Gasteiger partial charge in [-0.3, -0.25) is 4.79 Å². The molecule has 3 N–H and O–H groups in total. The molecule has 1 unspecified atom stereocenters. The maximum absolute atomic E-state index is 12.0. The van der Waals surface area contributed by atoms with Crippen LogP contribution in [0, 0.1) is 0 Å². The Morgan fingerprint density at radius 3 is 2.67 bits per heavy atom. The summed E-state index contributed by atoms with van der Waals surface area (Å²) in [5.74, 6) is -1.64. The van der Waals surface area contributed by atoms with E-state index >= 15 is 0 Å². The molecule has 0 saturated carbocycles. The van der Waals surface area contributed by atoms with Gasteiger partial charge in [-0.15, -0.1) is 0 Å². The summed E-state index contributed by atoms with van der Waals surface area (Å²) >= 11 is 0. The molecule has 1 aromatic heterocycles. The van der Waals surface area contributed by atoms with Crippen molar-refractivity contribution in [1.82, 2.24) is 20.2 Å². The molecule has 21 heavy (non-hydrogen) atoms. The zero-order valence-electron chi connectivity index (χ0n) is 12.8. The van der Waals surface area contributed by atoms with Crippen molar-refractivity contribution in [2.45, 2.75) is 39.7 Å². The van der Waals surface area contributed by atoms with Crippen LogP contribution in [0.4, 0.5) is 0 Å². The molecule has 7 nitrogen and oxygen atoms in total. The largest absolute Gasteiger partial charge is 0.477 e. The molecule has 0 aliphatic rings. The topological polar surface area (TPSA) is 98.3 Å². The van der Waals surface area contributed by atoms with Gasteiger partial charge < -0.3 is 20.3 Å². The molecule has 0 spiro atoms. The Labute approximate surface area is 124 Å². The van der Waals surface area contributed by atoms with Gasteiger partial charge in [-0.25, -0.2) is 9.78 Å². The summed E-state index contributed by atoms with van der Waals surface area (Å²) in [5.41, 5.74) is -0.249. The number of aromatic amines is 1. The summed E-state index contributed by atoms with van der Waals surface area (Å²) in [6, 6.07) is -0.0218. The van der Waals surface area contributed by atoms with Crippen molar-refractivity contribution in [1.29, 1.82) is 0 Å². The maximum Gasteiger partial charge on any atom is 0.354 e. The highest BCUT2D eigenvalue weighted by Crippen LogP contribution is 2.05. The van der Waals surface area contributed by atoms with E-state index in [9.17, 15) is 9.59 Å². The molecule has 1 rings (SSSR count). The van der Waals surface area contributed by atoms with E-state index in [1.54, 1.807) is 0 Å². The Kier molecular flexibility index (Phi) is 6.87. The van der Waals surface area contributed by atoms with Crippen LogP contribution in [0.25, 0.3) is 0 Å². The zero-order chi connectivity index (χ0) is 15.8. The summed E-state index contributed by atoms with van der Waals surface area (Å²) in [6.45, 7) is 9.20. The van der Waals surface area contributed by atoms with Gasteiger partial charge in [0.2, 0.25) is 0 Å². The Morgan fingerprint density at radius 1 is 1.43 bits per heavy atom. The van der Waals surface area contributed by atoms with E-state index in [-0.39, 0.29) is 17.4 Å². The van der Waals surface area contributed by atoms with E-state index in [0.29, 0.717) is 0 Å². The first kappa shape index (κ1) is 17.2. The molecule has 1 amide bonds. The first-order chi connectivity index (χ1) is 9.99. The van der Waals surface area contributed by atoms with Gasteiger partial charge in [-0.05, 0) is 39.4 Å². The molecular weight excluding hydrogens is 272 g/mol. The average molecular weight is 296 g/mol. The number of hydrogen-bond acceptors (Lipinski definition) is 4. The van der Waals surface area contributed by atoms with E-state index in [0.717, 1.165) is 32.5 Å². The molecular formula is C14H24N4O3. The summed E-state index contributed by atoms with van der Waals surface area (Å²) in [6.07, 6.45) is 3.04. The van der Waals surface area contributed by atoms with Crippen LogP contribution < -0.4 is 5.32 Å². The number of rotatable bonds is 9. The normalized spacial score (nSPS) is 12.4. The number of amides is 1. The number of carbonyl (C=O) groups excluding carboxylic acids is 1. The number of carbonyl (C=O) groups is 2. The van der Waals surface area contributed by atoms with Crippen LogP contribution >= 0.6 is 0 Å². The third kappa shape index (κ3) is 5.18. The van der Waals surface area contributed by atoms with Gasteiger partial charge in [0, 0.05) is 6.04 Å². The smallest absolute Gasteiger partial charge is 0.354 e. The fourth-order valence-corrected chi connectivity index (χ4v) is 2.15. The Balaban J connectivity index is 2.44. The number of carboxylic acids is 1. The van der Waals surface area contributed by atoms with Gasteiger partial charge in [0.15, 0.2) is 11.4 Å². The number of imidazole rings is 1. The van der Waals surface area contributed by atoms with Crippen LogP contribution in [-0.4, -0.2) is 57.5 Å². The van der Waals surface area contributed by atoms with Gasteiger partial charge in [0.1, 0.15) is 0 Å². The molecule has 0 saturated heterocycles. The fraction of sp³-hybridized carbons (Fsp3) is 0.643. The predicted octanol–water partition coefficient (Wildman–Crippen LogP) is 1.35. The number of aromatic carboxylic acids is 1. The van der Waals surface area contributed by atoms with Crippen molar-refractivity contribution < 1.29 is 14.7 Å². The summed E-state index contributed by atoms with van der Waals surface area (Å²) in [5, 5.41) is 11.7. The van der Waals surface area contributed by atoms with Crippen LogP contribution in [-0.2, 0) is 0 Å². The third-order valence-corrected chi connectivity index (χ3v) is 3.45. The van der Waals surface area contributed by atoms with Crippen molar-refractivity contribution >= 4 is 11.9 Å². The summed E-state index contributed by atoms with van der Waals surface area (Å²) in [7, 11) is 0. The molecule has 0 radical (unpaired) electrons. The summed E-state index contributed by atoms with van der Waals surface area (Å²) in [4.78, 5) is 31.5. The number of carboxylic acid groups (broad SMARTS) is 1. The lowest BCUT2D eigenvalue weighted by atomic mass is 10.1. The van der Waals surface area contributed by atoms with Crippen molar-refractivity contribution in [2.24, 2.45) is 0 Å². The highest BCUT2D eigenvalue weighted by Gasteiger charge is 2.20.